The molecule has 0 saturated heterocycles. The summed E-state index contributed by atoms with van der Waals surface area (Å²) in [6.45, 7) is 1.68. The molecule has 0 aliphatic heterocycles. The second-order valence-corrected chi connectivity index (χ2v) is 2.61. The van der Waals surface area contributed by atoms with Crippen molar-refractivity contribution < 1.29 is 14.3 Å². The van der Waals surface area contributed by atoms with E-state index in [0.29, 0.717) is 11.5 Å². The van der Waals surface area contributed by atoms with E-state index in [2.05, 4.69) is 0 Å². The Balaban J connectivity index is 2.80. The van der Waals surface area contributed by atoms with Gasteiger partial charge in [-0.05, 0) is 19.1 Å². The number of benzene rings is 1. The average Bonchev–Trinajstić information content (AvgIpc) is 2.18. The van der Waals surface area contributed by atoms with Gasteiger partial charge in [-0.25, -0.2) is 0 Å². The van der Waals surface area contributed by atoms with Crippen molar-refractivity contribution in [3.8, 4) is 11.5 Å². The number of aldehydes is 1. The quantitative estimate of drug-likeness (QED) is 0.661. The van der Waals surface area contributed by atoms with Crippen LogP contribution in [0.25, 0.3) is 0 Å². The van der Waals surface area contributed by atoms with E-state index >= 15 is 0 Å². The van der Waals surface area contributed by atoms with Gasteiger partial charge in [-0.3, -0.25) is 4.79 Å². The first kappa shape index (κ1) is 9.58. The maximum Gasteiger partial charge on any atom is 0.162 e. The summed E-state index contributed by atoms with van der Waals surface area (Å²) < 4.78 is 10.3. The van der Waals surface area contributed by atoms with Crippen LogP contribution < -0.4 is 9.47 Å². The normalized spacial score (nSPS) is 11.8. The molecule has 70 valence electrons. The van der Waals surface area contributed by atoms with Crippen molar-refractivity contribution in [2.45, 2.75) is 13.0 Å². The zero-order valence-electron chi connectivity index (χ0n) is 7.69. The van der Waals surface area contributed by atoms with Crippen molar-refractivity contribution in [1.29, 1.82) is 0 Å². The molecule has 0 aliphatic carbocycles. The maximum atomic E-state index is 10.3. The summed E-state index contributed by atoms with van der Waals surface area (Å²) in [5.74, 6) is 1.22. The van der Waals surface area contributed by atoms with Crippen LogP contribution in [0.3, 0.4) is 0 Å². The van der Waals surface area contributed by atoms with Gasteiger partial charge >= 0.3 is 0 Å². The van der Waals surface area contributed by atoms with Gasteiger partial charge in [-0.2, -0.15) is 0 Å². The van der Waals surface area contributed by atoms with Crippen LogP contribution in [0.2, 0.25) is 0 Å². The second kappa shape index (κ2) is 4.50. The summed E-state index contributed by atoms with van der Waals surface area (Å²) in [5, 5.41) is 0. The van der Waals surface area contributed by atoms with Gasteiger partial charge in [-0.1, -0.05) is 12.1 Å². The number of hydrogen-bond donors (Lipinski definition) is 0. The molecule has 1 aromatic carbocycles. The lowest BCUT2D eigenvalue weighted by atomic mass is 10.3. The Labute approximate surface area is 77.3 Å². The van der Waals surface area contributed by atoms with E-state index in [1.807, 2.05) is 12.1 Å². The highest BCUT2D eigenvalue weighted by Gasteiger charge is 2.06. The Morgan fingerprint density at radius 3 is 2.46 bits per heavy atom. The highest BCUT2D eigenvalue weighted by molar-refractivity contribution is 5.56. The lowest BCUT2D eigenvalue weighted by Crippen LogP contribution is -2.13. The molecule has 0 amide bonds. The van der Waals surface area contributed by atoms with Crippen molar-refractivity contribution in [2.24, 2.45) is 0 Å². The van der Waals surface area contributed by atoms with Crippen molar-refractivity contribution in [3.05, 3.63) is 24.3 Å². The van der Waals surface area contributed by atoms with Crippen molar-refractivity contribution in [1.82, 2.24) is 0 Å². The van der Waals surface area contributed by atoms with E-state index in [0.717, 1.165) is 6.29 Å². The second-order valence-electron chi connectivity index (χ2n) is 2.61. The van der Waals surface area contributed by atoms with E-state index in [-0.39, 0.29) is 0 Å². The van der Waals surface area contributed by atoms with E-state index < -0.39 is 6.10 Å². The molecule has 1 rings (SSSR count). The Kier molecular flexibility index (Phi) is 3.31. The molecule has 0 radical (unpaired) electrons. The summed E-state index contributed by atoms with van der Waals surface area (Å²) in [6, 6.07) is 7.22. The molecular formula is C10H12O3. The molecule has 0 spiro atoms. The molecule has 3 heteroatoms. The predicted molar refractivity (Wildman–Crippen MR) is 49.1 cm³/mol. The molecule has 0 aromatic heterocycles. The molecule has 0 aliphatic rings. The number of ether oxygens (including phenoxy) is 2. The third-order valence-corrected chi connectivity index (χ3v) is 1.57. The van der Waals surface area contributed by atoms with Gasteiger partial charge in [0.25, 0.3) is 0 Å². The third kappa shape index (κ3) is 2.47. The van der Waals surface area contributed by atoms with Crippen LogP contribution >= 0.6 is 0 Å². The summed E-state index contributed by atoms with van der Waals surface area (Å²) in [7, 11) is 1.56. The SMILES string of the molecule is COc1ccccc1OC(C)C=O. The minimum atomic E-state index is -0.448. The number of carbonyl (C=O) groups excluding carboxylic acids is 1. The molecule has 0 N–H and O–H groups in total. The molecular weight excluding hydrogens is 168 g/mol. The lowest BCUT2D eigenvalue weighted by molar-refractivity contribution is -0.113. The van der Waals surface area contributed by atoms with Crippen LogP contribution in [-0.4, -0.2) is 19.5 Å². The van der Waals surface area contributed by atoms with Gasteiger partial charge in [0.2, 0.25) is 0 Å². The highest BCUT2D eigenvalue weighted by Crippen LogP contribution is 2.26. The summed E-state index contributed by atoms with van der Waals surface area (Å²) in [6.07, 6.45) is 0.295. The fourth-order valence-corrected chi connectivity index (χ4v) is 0.944. The number of para-hydroxylation sites is 2. The topological polar surface area (TPSA) is 35.5 Å². The average molecular weight is 180 g/mol. The van der Waals surface area contributed by atoms with Crippen molar-refractivity contribution >= 4 is 6.29 Å². The maximum absolute atomic E-state index is 10.3. The van der Waals surface area contributed by atoms with Gasteiger partial charge < -0.3 is 9.47 Å². The zero-order chi connectivity index (χ0) is 9.68. The van der Waals surface area contributed by atoms with Gasteiger partial charge in [0.1, 0.15) is 0 Å². The monoisotopic (exact) mass is 180 g/mol. The lowest BCUT2D eigenvalue weighted by Gasteiger charge is -2.11. The summed E-state index contributed by atoms with van der Waals surface area (Å²) in [4.78, 5) is 10.3. The predicted octanol–water partition coefficient (Wildman–Crippen LogP) is 1.66. The van der Waals surface area contributed by atoms with E-state index in [1.165, 1.54) is 0 Å². The fraction of sp³-hybridized carbons (Fsp3) is 0.300. The molecule has 1 aromatic rings. The molecule has 1 atom stereocenters. The molecule has 0 saturated carbocycles. The Hall–Kier alpha value is -1.51. The first-order valence-corrected chi connectivity index (χ1v) is 4.03. The van der Waals surface area contributed by atoms with Gasteiger partial charge in [0, 0.05) is 0 Å². The first-order chi connectivity index (χ1) is 6.27. The van der Waals surface area contributed by atoms with Crippen LogP contribution in [0.1, 0.15) is 6.92 Å². The van der Waals surface area contributed by atoms with Crippen molar-refractivity contribution in [3.63, 3.8) is 0 Å². The van der Waals surface area contributed by atoms with Crippen LogP contribution in [0.15, 0.2) is 24.3 Å². The minimum Gasteiger partial charge on any atom is -0.493 e. The molecule has 3 nitrogen and oxygen atoms in total. The summed E-state index contributed by atoms with van der Waals surface area (Å²) >= 11 is 0. The highest BCUT2D eigenvalue weighted by atomic mass is 16.5. The largest absolute Gasteiger partial charge is 0.493 e. The van der Waals surface area contributed by atoms with Crippen LogP contribution in [-0.2, 0) is 4.79 Å². The Bertz CT molecular complexity index is 283. The Morgan fingerprint density at radius 2 is 1.92 bits per heavy atom. The smallest absolute Gasteiger partial charge is 0.162 e. The van der Waals surface area contributed by atoms with Gasteiger partial charge in [-0.15, -0.1) is 0 Å². The standard InChI is InChI=1S/C10H12O3/c1-8(7-11)13-10-6-4-3-5-9(10)12-2/h3-8H,1-2H3. The number of carbonyl (C=O) groups is 1. The third-order valence-electron chi connectivity index (χ3n) is 1.57. The zero-order valence-corrected chi connectivity index (χ0v) is 7.69. The molecule has 1 unspecified atom stereocenters. The number of rotatable bonds is 4. The molecule has 0 fully saturated rings. The van der Waals surface area contributed by atoms with Crippen molar-refractivity contribution in [2.75, 3.05) is 7.11 Å². The Morgan fingerprint density at radius 1 is 1.31 bits per heavy atom. The van der Waals surface area contributed by atoms with E-state index in [4.69, 9.17) is 9.47 Å². The molecule has 0 bridgehead atoms. The van der Waals surface area contributed by atoms with E-state index in [1.54, 1.807) is 26.2 Å². The number of methoxy groups -OCH3 is 1. The first-order valence-electron chi connectivity index (χ1n) is 4.03. The summed E-state index contributed by atoms with van der Waals surface area (Å²) in [5.41, 5.74) is 0. The fourth-order valence-electron chi connectivity index (χ4n) is 0.944. The number of hydrogen-bond acceptors (Lipinski definition) is 3. The van der Waals surface area contributed by atoms with E-state index in [9.17, 15) is 4.79 Å². The van der Waals surface area contributed by atoms with Crippen LogP contribution in [0, 0.1) is 0 Å². The van der Waals surface area contributed by atoms with Crippen LogP contribution in [0.5, 0.6) is 11.5 Å². The minimum absolute atomic E-state index is 0.448. The molecule has 0 heterocycles. The van der Waals surface area contributed by atoms with Gasteiger partial charge in [0.05, 0.1) is 7.11 Å². The molecule has 13 heavy (non-hydrogen) atoms. The van der Waals surface area contributed by atoms with Gasteiger partial charge in [0.15, 0.2) is 23.9 Å². The van der Waals surface area contributed by atoms with Crippen LogP contribution in [0.4, 0.5) is 0 Å².